The molecule has 0 spiro atoms. The molecule has 29 heavy (non-hydrogen) atoms. The van der Waals surface area contributed by atoms with E-state index in [1.807, 2.05) is 31.2 Å². The second-order valence-corrected chi connectivity index (χ2v) is 8.97. The number of H-pyrrole nitrogens is 1. The van der Waals surface area contributed by atoms with E-state index in [2.05, 4.69) is 19.9 Å². The third-order valence-corrected chi connectivity index (χ3v) is 7.23. The number of hydrogen-bond donors (Lipinski definition) is 1. The number of para-hydroxylation sites is 2. The third-order valence-electron chi connectivity index (χ3n) is 5.29. The lowest BCUT2D eigenvalue weighted by Gasteiger charge is -2.35. The van der Waals surface area contributed by atoms with Gasteiger partial charge < -0.3 is 9.88 Å². The summed E-state index contributed by atoms with van der Waals surface area (Å²) in [6, 6.07) is 11.3. The first-order valence-corrected chi connectivity index (χ1v) is 10.9. The maximum absolute atomic E-state index is 13.2. The minimum atomic E-state index is -3.60. The van der Waals surface area contributed by atoms with E-state index in [-0.39, 0.29) is 4.90 Å². The quantitative estimate of drug-likeness (QED) is 0.559. The number of benzene rings is 1. The molecule has 9 heteroatoms. The van der Waals surface area contributed by atoms with E-state index in [0.717, 1.165) is 22.5 Å². The van der Waals surface area contributed by atoms with Gasteiger partial charge in [0.1, 0.15) is 10.5 Å². The van der Waals surface area contributed by atoms with E-state index in [1.54, 1.807) is 18.3 Å². The molecule has 4 heterocycles. The average molecular weight is 408 g/mol. The highest BCUT2D eigenvalue weighted by molar-refractivity contribution is 7.89. The van der Waals surface area contributed by atoms with Crippen LogP contribution in [0.3, 0.4) is 0 Å². The molecule has 8 nitrogen and oxygen atoms in total. The number of fused-ring (bicyclic) bond motifs is 2. The molecule has 0 saturated carbocycles. The van der Waals surface area contributed by atoms with Crippen molar-refractivity contribution >= 4 is 37.9 Å². The van der Waals surface area contributed by atoms with Crippen molar-refractivity contribution < 1.29 is 8.42 Å². The Balaban J connectivity index is 1.40. The van der Waals surface area contributed by atoms with Crippen LogP contribution in [0.4, 0.5) is 5.82 Å². The van der Waals surface area contributed by atoms with Crippen LogP contribution in [-0.4, -0.2) is 58.8 Å². The molecule has 0 amide bonds. The highest BCUT2D eigenvalue weighted by Gasteiger charge is 2.31. The normalized spacial score (nSPS) is 16.0. The number of aryl methyl sites for hydroxylation is 1. The number of rotatable bonds is 3. The summed E-state index contributed by atoms with van der Waals surface area (Å²) >= 11 is 0. The summed E-state index contributed by atoms with van der Waals surface area (Å²) in [5.41, 5.74) is 3.13. The molecule has 148 valence electrons. The van der Waals surface area contributed by atoms with Crippen LogP contribution in [0.2, 0.25) is 0 Å². The Morgan fingerprint density at radius 2 is 1.69 bits per heavy atom. The molecule has 1 N–H and O–H groups in total. The van der Waals surface area contributed by atoms with Crippen LogP contribution in [0.25, 0.3) is 22.1 Å². The molecule has 1 aromatic carbocycles. The van der Waals surface area contributed by atoms with Gasteiger partial charge in [0.05, 0.1) is 16.7 Å². The first kappa shape index (κ1) is 18.0. The van der Waals surface area contributed by atoms with E-state index < -0.39 is 10.0 Å². The van der Waals surface area contributed by atoms with Crippen molar-refractivity contribution in [1.82, 2.24) is 24.2 Å². The molecular weight excluding hydrogens is 388 g/mol. The minimum Gasteiger partial charge on any atom is -0.352 e. The van der Waals surface area contributed by atoms with Gasteiger partial charge in [0.2, 0.25) is 10.0 Å². The molecular formula is C20H20N6O2S. The number of anilines is 1. The predicted octanol–water partition coefficient (Wildman–Crippen LogP) is 2.33. The molecule has 1 saturated heterocycles. The van der Waals surface area contributed by atoms with Crippen molar-refractivity contribution in [3.8, 4) is 0 Å². The zero-order chi connectivity index (χ0) is 20.0. The zero-order valence-electron chi connectivity index (χ0n) is 15.9. The van der Waals surface area contributed by atoms with Crippen LogP contribution in [0.5, 0.6) is 0 Å². The summed E-state index contributed by atoms with van der Waals surface area (Å²) in [6.45, 7) is 3.85. The molecule has 4 aromatic rings. The number of sulfonamides is 1. The van der Waals surface area contributed by atoms with Crippen LogP contribution in [-0.2, 0) is 10.0 Å². The van der Waals surface area contributed by atoms with Gasteiger partial charge in [-0.05, 0) is 31.2 Å². The lowest BCUT2D eigenvalue weighted by Crippen LogP contribution is -2.49. The van der Waals surface area contributed by atoms with Gasteiger partial charge in [-0.1, -0.05) is 12.1 Å². The van der Waals surface area contributed by atoms with Crippen LogP contribution in [0, 0.1) is 6.92 Å². The van der Waals surface area contributed by atoms with Gasteiger partial charge in [-0.25, -0.2) is 23.4 Å². The minimum absolute atomic E-state index is 0.274. The summed E-state index contributed by atoms with van der Waals surface area (Å²) in [7, 11) is -3.60. The predicted molar refractivity (Wildman–Crippen MR) is 111 cm³/mol. The standard InChI is InChI=1S/C20H20N6O2S/c1-14-20(24-17-7-3-2-6-16(17)23-14)25-9-11-26(12-10-25)29(27,28)18-13-22-19-15(18)5-4-8-21-19/h2-8,13H,9-12H2,1H3,(H,21,22). The van der Waals surface area contributed by atoms with Crippen molar-refractivity contribution in [2.45, 2.75) is 11.8 Å². The Morgan fingerprint density at radius 3 is 2.45 bits per heavy atom. The van der Waals surface area contributed by atoms with E-state index in [9.17, 15) is 8.42 Å². The van der Waals surface area contributed by atoms with Gasteiger partial charge in [-0.2, -0.15) is 4.31 Å². The van der Waals surface area contributed by atoms with E-state index >= 15 is 0 Å². The van der Waals surface area contributed by atoms with E-state index in [4.69, 9.17) is 4.98 Å². The maximum atomic E-state index is 13.2. The van der Waals surface area contributed by atoms with Crippen LogP contribution < -0.4 is 4.90 Å². The summed E-state index contributed by atoms with van der Waals surface area (Å²) in [5, 5.41) is 0.617. The highest BCUT2D eigenvalue weighted by atomic mass is 32.2. The molecule has 0 aliphatic carbocycles. The third kappa shape index (κ3) is 3.02. The van der Waals surface area contributed by atoms with Gasteiger partial charge in [0.25, 0.3) is 0 Å². The van der Waals surface area contributed by atoms with E-state index in [0.29, 0.717) is 37.2 Å². The molecule has 3 aromatic heterocycles. The van der Waals surface area contributed by atoms with Gasteiger partial charge in [0.15, 0.2) is 5.82 Å². The Labute approximate surface area is 168 Å². The first-order chi connectivity index (χ1) is 14.0. The molecule has 1 aliphatic rings. The number of hydrogen-bond acceptors (Lipinski definition) is 6. The Hall–Kier alpha value is -3.04. The lowest BCUT2D eigenvalue weighted by molar-refractivity contribution is 0.384. The second kappa shape index (κ2) is 6.78. The summed E-state index contributed by atoms with van der Waals surface area (Å²) in [6.07, 6.45) is 3.17. The van der Waals surface area contributed by atoms with Crippen LogP contribution >= 0.6 is 0 Å². The van der Waals surface area contributed by atoms with Crippen LogP contribution in [0.1, 0.15) is 5.69 Å². The molecule has 0 radical (unpaired) electrons. The van der Waals surface area contributed by atoms with Crippen molar-refractivity contribution in [1.29, 1.82) is 0 Å². The topological polar surface area (TPSA) is 95.1 Å². The Morgan fingerprint density at radius 1 is 0.966 bits per heavy atom. The lowest BCUT2D eigenvalue weighted by atomic mass is 10.2. The largest absolute Gasteiger partial charge is 0.352 e. The molecule has 0 unspecified atom stereocenters. The number of pyridine rings is 1. The van der Waals surface area contributed by atoms with Crippen molar-refractivity contribution in [3.05, 3.63) is 54.5 Å². The summed E-state index contributed by atoms with van der Waals surface area (Å²) in [4.78, 5) is 18.9. The average Bonchev–Trinajstić information content (AvgIpc) is 3.18. The van der Waals surface area contributed by atoms with Crippen molar-refractivity contribution in [2.75, 3.05) is 31.1 Å². The molecule has 1 fully saturated rings. The van der Waals surface area contributed by atoms with Crippen molar-refractivity contribution in [3.63, 3.8) is 0 Å². The van der Waals surface area contributed by atoms with Crippen molar-refractivity contribution in [2.24, 2.45) is 0 Å². The fraction of sp³-hybridized carbons (Fsp3) is 0.250. The molecule has 0 bridgehead atoms. The first-order valence-electron chi connectivity index (χ1n) is 9.44. The number of nitrogens with zero attached hydrogens (tertiary/aromatic N) is 5. The Kier molecular flexibility index (Phi) is 4.21. The smallest absolute Gasteiger partial charge is 0.245 e. The van der Waals surface area contributed by atoms with Gasteiger partial charge in [0, 0.05) is 44.0 Å². The fourth-order valence-electron chi connectivity index (χ4n) is 3.80. The molecule has 1 aliphatic heterocycles. The SMILES string of the molecule is Cc1nc2ccccc2nc1N1CCN(S(=O)(=O)c2c[nH]c3ncccc23)CC1. The summed E-state index contributed by atoms with van der Waals surface area (Å²) < 4.78 is 27.9. The Bertz CT molecular complexity index is 1310. The maximum Gasteiger partial charge on any atom is 0.245 e. The highest BCUT2D eigenvalue weighted by Crippen LogP contribution is 2.27. The second-order valence-electron chi connectivity index (χ2n) is 7.06. The zero-order valence-corrected chi connectivity index (χ0v) is 16.7. The van der Waals surface area contributed by atoms with E-state index in [1.165, 1.54) is 10.5 Å². The van der Waals surface area contributed by atoms with Crippen LogP contribution in [0.15, 0.2) is 53.7 Å². The summed E-state index contributed by atoms with van der Waals surface area (Å²) in [5.74, 6) is 0.817. The fourth-order valence-corrected chi connectivity index (χ4v) is 5.37. The molecule has 5 rings (SSSR count). The monoisotopic (exact) mass is 408 g/mol. The number of nitrogens with one attached hydrogen (secondary N) is 1. The van der Waals surface area contributed by atoms with Gasteiger partial charge >= 0.3 is 0 Å². The number of aromatic nitrogens is 4. The number of piperazine rings is 1. The molecule has 0 atom stereocenters. The van der Waals surface area contributed by atoms with Gasteiger partial charge in [-0.3, -0.25) is 0 Å². The van der Waals surface area contributed by atoms with Gasteiger partial charge in [-0.15, -0.1) is 0 Å². The number of aromatic amines is 1.